The molecule has 0 spiro atoms. The van der Waals surface area contributed by atoms with Crippen LogP contribution in [0.1, 0.15) is 29.3 Å². The molecule has 2 aromatic rings. The van der Waals surface area contributed by atoms with Crippen LogP contribution in [0.25, 0.3) is 0 Å². The molecular formula is C14H16N2OS. The number of nitrogens with zero attached hydrogens (tertiary/aromatic N) is 1. The van der Waals surface area contributed by atoms with E-state index in [0.29, 0.717) is 6.10 Å². The molecule has 1 aliphatic rings. The molecule has 1 atom stereocenters. The van der Waals surface area contributed by atoms with E-state index in [1.807, 2.05) is 24.8 Å². The summed E-state index contributed by atoms with van der Waals surface area (Å²) in [5.74, 6) is 0.972. The van der Waals surface area contributed by atoms with Crippen molar-refractivity contribution in [3.05, 3.63) is 46.4 Å². The maximum absolute atomic E-state index is 5.84. The number of thiazole rings is 1. The van der Waals surface area contributed by atoms with Gasteiger partial charge in [-0.1, -0.05) is 12.1 Å². The Hall–Kier alpha value is -1.39. The van der Waals surface area contributed by atoms with Crippen LogP contribution in [-0.2, 0) is 0 Å². The van der Waals surface area contributed by atoms with Crippen molar-refractivity contribution < 1.29 is 4.74 Å². The van der Waals surface area contributed by atoms with Crippen LogP contribution in [0.2, 0.25) is 0 Å². The molecule has 1 unspecified atom stereocenters. The minimum absolute atomic E-state index is 0.195. The first kappa shape index (κ1) is 11.7. The second-order valence-electron chi connectivity index (χ2n) is 4.52. The average molecular weight is 260 g/mol. The number of ether oxygens (including phenoxy) is 1. The Morgan fingerprint density at radius 1 is 1.44 bits per heavy atom. The van der Waals surface area contributed by atoms with Crippen molar-refractivity contribution >= 4 is 11.3 Å². The van der Waals surface area contributed by atoms with E-state index < -0.39 is 0 Å². The van der Waals surface area contributed by atoms with E-state index in [4.69, 9.17) is 4.74 Å². The number of hydrogen-bond donors (Lipinski definition) is 1. The van der Waals surface area contributed by atoms with E-state index in [-0.39, 0.29) is 6.04 Å². The van der Waals surface area contributed by atoms with Crippen molar-refractivity contribution in [3.63, 3.8) is 0 Å². The van der Waals surface area contributed by atoms with Gasteiger partial charge in [-0.25, -0.2) is 0 Å². The lowest BCUT2D eigenvalue weighted by Crippen LogP contribution is -2.16. The Kier molecular flexibility index (Phi) is 3.30. The Balaban J connectivity index is 1.84. The Labute approximate surface area is 111 Å². The molecule has 1 fully saturated rings. The largest absolute Gasteiger partial charge is 0.490 e. The van der Waals surface area contributed by atoms with Crippen LogP contribution in [0, 0.1) is 0 Å². The summed E-state index contributed by atoms with van der Waals surface area (Å²) in [6.45, 7) is 0. The number of nitrogens with one attached hydrogen (secondary N) is 1. The first-order valence-corrected chi connectivity index (χ1v) is 7.07. The van der Waals surface area contributed by atoms with E-state index in [1.165, 1.54) is 23.3 Å². The fourth-order valence-corrected chi connectivity index (χ4v) is 2.74. The molecule has 4 heteroatoms. The smallest absolute Gasteiger partial charge is 0.120 e. The maximum atomic E-state index is 5.84. The third kappa shape index (κ3) is 2.54. The van der Waals surface area contributed by atoms with Crippen LogP contribution in [-0.4, -0.2) is 18.1 Å². The lowest BCUT2D eigenvalue weighted by molar-refractivity contribution is 0.302. The van der Waals surface area contributed by atoms with Gasteiger partial charge in [0.25, 0.3) is 0 Å². The van der Waals surface area contributed by atoms with Crippen LogP contribution in [0.4, 0.5) is 0 Å². The van der Waals surface area contributed by atoms with Gasteiger partial charge in [0, 0.05) is 11.1 Å². The van der Waals surface area contributed by atoms with Gasteiger partial charge in [0.2, 0.25) is 0 Å². The predicted molar refractivity (Wildman–Crippen MR) is 73.1 cm³/mol. The van der Waals surface area contributed by atoms with E-state index in [2.05, 4.69) is 28.5 Å². The highest BCUT2D eigenvalue weighted by atomic mass is 32.1. The Bertz CT molecular complexity index is 508. The second kappa shape index (κ2) is 5.08. The van der Waals surface area contributed by atoms with Crippen molar-refractivity contribution in [1.82, 2.24) is 10.3 Å². The molecule has 3 nitrogen and oxygen atoms in total. The summed E-state index contributed by atoms with van der Waals surface area (Å²) >= 11 is 1.67. The summed E-state index contributed by atoms with van der Waals surface area (Å²) in [5.41, 5.74) is 3.09. The van der Waals surface area contributed by atoms with Gasteiger partial charge >= 0.3 is 0 Å². The van der Waals surface area contributed by atoms with Crippen LogP contribution in [0.15, 0.2) is 36.0 Å². The molecule has 0 bridgehead atoms. The summed E-state index contributed by atoms with van der Waals surface area (Å²) in [6, 6.07) is 8.53. The first-order valence-electron chi connectivity index (χ1n) is 6.19. The summed E-state index contributed by atoms with van der Waals surface area (Å²) in [7, 11) is 1.97. The number of hydrogen-bond acceptors (Lipinski definition) is 4. The van der Waals surface area contributed by atoms with Crippen molar-refractivity contribution in [1.29, 1.82) is 0 Å². The van der Waals surface area contributed by atoms with Crippen LogP contribution in [0.5, 0.6) is 5.75 Å². The van der Waals surface area contributed by atoms with Crippen molar-refractivity contribution in [3.8, 4) is 5.75 Å². The SMILES string of the molecule is CNC(c1cccc(OC2CC2)c1)c1cncs1. The predicted octanol–water partition coefficient (Wildman–Crippen LogP) is 2.99. The van der Waals surface area contributed by atoms with Gasteiger partial charge in [-0.2, -0.15) is 0 Å². The van der Waals surface area contributed by atoms with Crippen LogP contribution < -0.4 is 10.1 Å². The highest BCUT2D eigenvalue weighted by molar-refractivity contribution is 7.09. The summed E-state index contributed by atoms with van der Waals surface area (Å²) in [4.78, 5) is 5.37. The number of benzene rings is 1. The molecule has 1 aromatic carbocycles. The Morgan fingerprint density at radius 3 is 3.00 bits per heavy atom. The Morgan fingerprint density at radius 2 is 2.33 bits per heavy atom. The fourth-order valence-electron chi connectivity index (χ4n) is 1.99. The molecule has 1 saturated carbocycles. The molecule has 0 amide bonds. The van der Waals surface area contributed by atoms with Gasteiger partial charge in [-0.05, 0) is 37.6 Å². The molecule has 3 rings (SSSR count). The molecule has 1 aliphatic carbocycles. The molecule has 94 valence electrons. The number of aromatic nitrogens is 1. The van der Waals surface area contributed by atoms with Crippen molar-refractivity contribution in [2.75, 3.05) is 7.05 Å². The molecule has 1 N–H and O–H groups in total. The lowest BCUT2D eigenvalue weighted by Gasteiger charge is -2.15. The van der Waals surface area contributed by atoms with Gasteiger partial charge in [0.15, 0.2) is 0 Å². The van der Waals surface area contributed by atoms with Gasteiger partial charge < -0.3 is 10.1 Å². The zero-order chi connectivity index (χ0) is 12.4. The monoisotopic (exact) mass is 260 g/mol. The highest BCUT2D eigenvalue weighted by Gasteiger charge is 2.24. The van der Waals surface area contributed by atoms with Gasteiger partial charge in [-0.15, -0.1) is 11.3 Å². The first-order chi connectivity index (χ1) is 8.86. The van der Waals surface area contributed by atoms with E-state index in [1.54, 1.807) is 11.3 Å². The van der Waals surface area contributed by atoms with Gasteiger partial charge in [0.05, 0.1) is 17.7 Å². The van der Waals surface area contributed by atoms with Crippen molar-refractivity contribution in [2.45, 2.75) is 25.0 Å². The molecule has 0 radical (unpaired) electrons. The normalized spacial score (nSPS) is 16.5. The third-order valence-electron chi connectivity index (χ3n) is 3.04. The lowest BCUT2D eigenvalue weighted by atomic mass is 10.1. The van der Waals surface area contributed by atoms with Crippen LogP contribution >= 0.6 is 11.3 Å². The number of rotatable bonds is 5. The third-order valence-corrected chi connectivity index (χ3v) is 3.88. The van der Waals surface area contributed by atoms with Gasteiger partial charge in [-0.3, -0.25) is 4.98 Å². The highest BCUT2D eigenvalue weighted by Crippen LogP contribution is 2.30. The van der Waals surface area contributed by atoms with E-state index in [9.17, 15) is 0 Å². The minimum atomic E-state index is 0.195. The summed E-state index contributed by atoms with van der Waals surface area (Å²) in [5, 5.41) is 3.33. The molecule has 1 aromatic heterocycles. The quantitative estimate of drug-likeness (QED) is 0.897. The minimum Gasteiger partial charge on any atom is -0.490 e. The maximum Gasteiger partial charge on any atom is 0.120 e. The summed E-state index contributed by atoms with van der Waals surface area (Å²) < 4.78 is 5.84. The average Bonchev–Trinajstić information content (AvgIpc) is 3.04. The van der Waals surface area contributed by atoms with E-state index >= 15 is 0 Å². The fraction of sp³-hybridized carbons (Fsp3) is 0.357. The zero-order valence-corrected chi connectivity index (χ0v) is 11.1. The standard InChI is InChI=1S/C14H16N2OS/c1-15-14(13-8-16-9-18-13)10-3-2-4-12(7-10)17-11-5-6-11/h2-4,7-9,11,14-15H,5-6H2,1H3. The molecule has 1 heterocycles. The van der Waals surface area contributed by atoms with Gasteiger partial charge in [0.1, 0.15) is 5.75 Å². The molecule has 0 saturated heterocycles. The molecule has 18 heavy (non-hydrogen) atoms. The van der Waals surface area contributed by atoms with Crippen LogP contribution in [0.3, 0.4) is 0 Å². The van der Waals surface area contributed by atoms with Crippen molar-refractivity contribution in [2.24, 2.45) is 0 Å². The summed E-state index contributed by atoms with van der Waals surface area (Å²) in [6.07, 6.45) is 4.74. The molecular weight excluding hydrogens is 244 g/mol. The topological polar surface area (TPSA) is 34.1 Å². The van der Waals surface area contributed by atoms with E-state index in [0.717, 1.165) is 5.75 Å². The second-order valence-corrected chi connectivity index (χ2v) is 5.43. The molecule has 0 aliphatic heterocycles. The zero-order valence-electron chi connectivity index (χ0n) is 10.3.